The van der Waals surface area contributed by atoms with E-state index in [1.165, 1.54) is 6.07 Å². The van der Waals surface area contributed by atoms with E-state index >= 15 is 0 Å². The number of fused-ring (bicyclic) bond motifs is 1. The van der Waals surface area contributed by atoms with Gasteiger partial charge in [0.2, 0.25) is 0 Å². The lowest BCUT2D eigenvalue weighted by molar-refractivity contribution is 0.0598. The molecule has 28 heavy (non-hydrogen) atoms. The summed E-state index contributed by atoms with van der Waals surface area (Å²) in [5.74, 6) is -0.209. The molecule has 1 aliphatic heterocycles. The quantitative estimate of drug-likeness (QED) is 0.645. The highest BCUT2D eigenvalue weighted by molar-refractivity contribution is 6.31. The first kappa shape index (κ1) is 19.0. The maximum absolute atomic E-state index is 12.8. The van der Waals surface area contributed by atoms with Gasteiger partial charge in [-0.3, -0.25) is 14.5 Å². The van der Waals surface area contributed by atoms with E-state index in [9.17, 15) is 9.59 Å². The molecule has 0 aliphatic carbocycles. The van der Waals surface area contributed by atoms with E-state index in [4.69, 9.17) is 27.6 Å². The first-order valence-corrected chi connectivity index (χ1v) is 9.75. The molecular formula is C21H18Cl2N2O3. The van der Waals surface area contributed by atoms with Gasteiger partial charge >= 0.3 is 0 Å². The summed E-state index contributed by atoms with van der Waals surface area (Å²) in [6, 6.07) is 13.8. The predicted octanol–water partition coefficient (Wildman–Crippen LogP) is 4.06. The smallest absolute Gasteiger partial charge is 0.289 e. The molecule has 2 heterocycles. The number of nitrogens with zero attached hydrogens (tertiary/aromatic N) is 2. The number of halogens is 2. The predicted molar refractivity (Wildman–Crippen MR) is 110 cm³/mol. The zero-order valence-corrected chi connectivity index (χ0v) is 16.5. The largest absolute Gasteiger partial charge is 0.451 e. The van der Waals surface area contributed by atoms with Crippen LogP contribution in [0.3, 0.4) is 0 Å². The van der Waals surface area contributed by atoms with Gasteiger partial charge in [0, 0.05) is 48.8 Å². The molecule has 1 aromatic heterocycles. The highest BCUT2D eigenvalue weighted by Gasteiger charge is 2.24. The van der Waals surface area contributed by atoms with Crippen LogP contribution in [0.25, 0.3) is 11.0 Å². The molecule has 0 bridgehead atoms. The molecule has 2 aromatic carbocycles. The number of benzene rings is 2. The van der Waals surface area contributed by atoms with Crippen molar-refractivity contribution in [1.29, 1.82) is 0 Å². The van der Waals surface area contributed by atoms with Crippen LogP contribution in [-0.4, -0.2) is 41.9 Å². The van der Waals surface area contributed by atoms with Crippen molar-refractivity contribution in [3.05, 3.63) is 80.1 Å². The summed E-state index contributed by atoms with van der Waals surface area (Å²) in [6.45, 7) is 3.41. The Hall–Kier alpha value is -2.34. The summed E-state index contributed by atoms with van der Waals surface area (Å²) in [7, 11) is 0. The zero-order valence-electron chi connectivity index (χ0n) is 15.0. The highest BCUT2D eigenvalue weighted by atomic mass is 35.5. The van der Waals surface area contributed by atoms with Gasteiger partial charge in [0.05, 0.1) is 5.39 Å². The Bertz CT molecular complexity index is 1090. The molecule has 144 valence electrons. The van der Waals surface area contributed by atoms with Crippen LogP contribution in [0.4, 0.5) is 0 Å². The fourth-order valence-corrected chi connectivity index (χ4v) is 3.78. The third-order valence-corrected chi connectivity index (χ3v) is 5.32. The maximum Gasteiger partial charge on any atom is 0.289 e. The summed E-state index contributed by atoms with van der Waals surface area (Å²) >= 11 is 12.0. The van der Waals surface area contributed by atoms with Gasteiger partial charge in [0.25, 0.3) is 5.91 Å². The number of piperazine rings is 1. The summed E-state index contributed by atoms with van der Waals surface area (Å²) in [6.07, 6.45) is 0. The molecule has 0 radical (unpaired) electrons. The molecule has 1 fully saturated rings. The summed E-state index contributed by atoms with van der Waals surface area (Å²) < 4.78 is 5.67. The Balaban J connectivity index is 1.44. The number of amides is 1. The average Bonchev–Trinajstić information content (AvgIpc) is 2.68. The SMILES string of the molecule is O=C(c1cc(=O)c2cc(Cl)ccc2o1)N1CCN(Cc2cccc(Cl)c2)CC1. The van der Waals surface area contributed by atoms with Crippen molar-refractivity contribution in [3.63, 3.8) is 0 Å². The molecule has 1 saturated heterocycles. The molecule has 5 nitrogen and oxygen atoms in total. The third-order valence-electron chi connectivity index (χ3n) is 4.85. The Morgan fingerprint density at radius 3 is 2.46 bits per heavy atom. The topological polar surface area (TPSA) is 53.8 Å². The summed E-state index contributed by atoms with van der Waals surface area (Å²) in [4.78, 5) is 29.1. The minimum atomic E-state index is -0.272. The molecule has 4 rings (SSSR count). The average molecular weight is 417 g/mol. The van der Waals surface area contributed by atoms with Crippen LogP contribution in [0.15, 0.2) is 57.7 Å². The number of carbonyl (C=O) groups excluding carboxylic acids is 1. The van der Waals surface area contributed by atoms with Crippen molar-refractivity contribution < 1.29 is 9.21 Å². The molecule has 1 aliphatic rings. The highest BCUT2D eigenvalue weighted by Crippen LogP contribution is 2.19. The van der Waals surface area contributed by atoms with Crippen molar-refractivity contribution in [1.82, 2.24) is 9.80 Å². The molecule has 0 atom stereocenters. The Morgan fingerprint density at radius 2 is 1.71 bits per heavy atom. The summed E-state index contributed by atoms with van der Waals surface area (Å²) in [5, 5.41) is 1.55. The Morgan fingerprint density at radius 1 is 0.964 bits per heavy atom. The van der Waals surface area contributed by atoms with Gasteiger partial charge in [-0.1, -0.05) is 35.3 Å². The molecule has 7 heteroatoms. The Kier molecular flexibility index (Phi) is 5.40. The van der Waals surface area contributed by atoms with Crippen LogP contribution in [0.5, 0.6) is 0 Å². The minimum Gasteiger partial charge on any atom is -0.451 e. The van der Waals surface area contributed by atoms with Crippen LogP contribution < -0.4 is 5.43 Å². The minimum absolute atomic E-state index is 0.0584. The second-order valence-electron chi connectivity index (χ2n) is 6.81. The van der Waals surface area contributed by atoms with Crippen LogP contribution in [-0.2, 0) is 6.54 Å². The van der Waals surface area contributed by atoms with E-state index in [0.717, 1.165) is 30.2 Å². The monoisotopic (exact) mass is 416 g/mol. The van der Waals surface area contributed by atoms with E-state index < -0.39 is 0 Å². The van der Waals surface area contributed by atoms with E-state index in [-0.39, 0.29) is 17.1 Å². The number of rotatable bonds is 3. The van der Waals surface area contributed by atoms with Gasteiger partial charge in [-0.2, -0.15) is 0 Å². The molecule has 1 amide bonds. The van der Waals surface area contributed by atoms with Crippen molar-refractivity contribution in [2.45, 2.75) is 6.54 Å². The third kappa shape index (κ3) is 4.07. The van der Waals surface area contributed by atoms with Gasteiger partial charge < -0.3 is 9.32 Å². The van der Waals surface area contributed by atoms with Crippen LogP contribution in [0.2, 0.25) is 10.0 Å². The van der Waals surface area contributed by atoms with Crippen molar-refractivity contribution >= 4 is 40.1 Å². The maximum atomic E-state index is 12.8. The van der Waals surface area contributed by atoms with Gasteiger partial charge in [-0.15, -0.1) is 0 Å². The van der Waals surface area contributed by atoms with Crippen molar-refractivity contribution in [2.24, 2.45) is 0 Å². The fourth-order valence-electron chi connectivity index (χ4n) is 3.39. The first-order valence-electron chi connectivity index (χ1n) is 8.99. The van der Waals surface area contributed by atoms with Crippen molar-refractivity contribution in [3.8, 4) is 0 Å². The lowest BCUT2D eigenvalue weighted by Crippen LogP contribution is -2.48. The van der Waals surface area contributed by atoms with Gasteiger partial charge in [0.1, 0.15) is 5.58 Å². The van der Waals surface area contributed by atoms with Gasteiger partial charge in [-0.05, 0) is 35.9 Å². The fraction of sp³-hybridized carbons (Fsp3) is 0.238. The normalized spacial score (nSPS) is 15.1. The number of hydrogen-bond donors (Lipinski definition) is 0. The van der Waals surface area contributed by atoms with Gasteiger partial charge in [0.15, 0.2) is 11.2 Å². The molecule has 0 spiro atoms. The molecule has 0 N–H and O–H groups in total. The van der Waals surface area contributed by atoms with Crippen molar-refractivity contribution in [2.75, 3.05) is 26.2 Å². The Labute approximate surface area is 172 Å². The lowest BCUT2D eigenvalue weighted by Gasteiger charge is -2.34. The second-order valence-corrected chi connectivity index (χ2v) is 7.69. The van der Waals surface area contributed by atoms with E-state index in [2.05, 4.69) is 4.90 Å². The molecule has 3 aromatic rings. The van der Waals surface area contributed by atoms with E-state index in [1.54, 1.807) is 23.1 Å². The first-order chi connectivity index (χ1) is 13.5. The van der Waals surface area contributed by atoms with E-state index in [0.29, 0.717) is 29.1 Å². The van der Waals surface area contributed by atoms with Crippen LogP contribution >= 0.6 is 23.2 Å². The van der Waals surface area contributed by atoms with Gasteiger partial charge in [-0.25, -0.2) is 0 Å². The molecule has 0 saturated carbocycles. The number of hydrogen-bond acceptors (Lipinski definition) is 4. The summed E-state index contributed by atoms with van der Waals surface area (Å²) in [5.41, 5.74) is 1.23. The van der Waals surface area contributed by atoms with Crippen LogP contribution in [0.1, 0.15) is 16.1 Å². The molecule has 0 unspecified atom stereocenters. The standard InChI is InChI=1S/C21H18Cl2N2O3/c22-15-3-1-2-14(10-15)13-24-6-8-25(9-7-24)21(27)20-12-18(26)17-11-16(23)4-5-19(17)28-20/h1-5,10-12H,6-9,13H2. The zero-order chi connectivity index (χ0) is 19.7. The van der Waals surface area contributed by atoms with Crippen LogP contribution in [0, 0.1) is 0 Å². The van der Waals surface area contributed by atoms with E-state index in [1.807, 2.05) is 24.3 Å². The molecular weight excluding hydrogens is 399 g/mol. The second kappa shape index (κ2) is 7.95. The lowest BCUT2D eigenvalue weighted by atomic mass is 10.2. The number of carbonyl (C=O) groups is 1.